The van der Waals surface area contributed by atoms with Crippen molar-refractivity contribution in [2.24, 2.45) is 5.92 Å². The van der Waals surface area contributed by atoms with E-state index in [2.05, 4.69) is 4.98 Å². The number of nitrogens with zero attached hydrogens (tertiary/aromatic N) is 2. The Labute approximate surface area is 125 Å². The second-order valence-corrected chi connectivity index (χ2v) is 6.64. The van der Waals surface area contributed by atoms with Crippen molar-refractivity contribution in [3.05, 3.63) is 12.0 Å². The number of anilines is 1. The number of nitrogens with two attached hydrogens (primary N) is 1. The normalized spacial score (nSPS) is 19.6. The lowest BCUT2D eigenvalue weighted by atomic mass is 9.93. The SMILES string of the molecule is CC(C)(C)OC(=O)N1CCCC(CCc2cnc(N)o2)C1. The second kappa shape index (κ2) is 6.37. The summed E-state index contributed by atoms with van der Waals surface area (Å²) < 4.78 is 10.7. The van der Waals surface area contributed by atoms with Crippen LogP contribution in [0.5, 0.6) is 0 Å². The minimum Gasteiger partial charge on any atom is -0.444 e. The molecule has 21 heavy (non-hydrogen) atoms. The van der Waals surface area contributed by atoms with Gasteiger partial charge in [-0.25, -0.2) is 9.78 Å². The van der Waals surface area contributed by atoms with Crippen LogP contribution in [0.1, 0.15) is 45.8 Å². The zero-order chi connectivity index (χ0) is 15.5. The van der Waals surface area contributed by atoms with Gasteiger partial charge in [0.1, 0.15) is 11.4 Å². The second-order valence-electron chi connectivity index (χ2n) is 6.64. The summed E-state index contributed by atoms with van der Waals surface area (Å²) >= 11 is 0. The van der Waals surface area contributed by atoms with Gasteiger partial charge in [-0.15, -0.1) is 0 Å². The maximum atomic E-state index is 12.1. The van der Waals surface area contributed by atoms with Gasteiger partial charge in [-0.3, -0.25) is 0 Å². The standard InChI is InChI=1S/C15H25N3O3/c1-15(2,3)21-14(19)18-8-4-5-11(10-18)6-7-12-9-17-13(16)20-12/h9,11H,4-8,10H2,1-3H3,(H2,16,17). The number of ether oxygens (including phenoxy) is 1. The monoisotopic (exact) mass is 295 g/mol. The number of hydrogen-bond acceptors (Lipinski definition) is 5. The minimum atomic E-state index is -0.443. The molecule has 2 heterocycles. The van der Waals surface area contributed by atoms with Crippen LogP contribution in [0.2, 0.25) is 0 Å². The number of aromatic nitrogens is 1. The van der Waals surface area contributed by atoms with Gasteiger partial charge in [0.05, 0.1) is 6.20 Å². The molecule has 1 unspecified atom stereocenters. The summed E-state index contributed by atoms with van der Waals surface area (Å²) in [5.74, 6) is 1.28. The Bertz CT molecular complexity index is 479. The molecular weight excluding hydrogens is 270 g/mol. The van der Waals surface area contributed by atoms with Crippen LogP contribution in [-0.4, -0.2) is 34.7 Å². The first-order chi connectivity index (χ1) is 9.83. The third kappa shape index (κ3) is 4.95. The molecule has 0 radical (unpaired) electrons. The van der Waals surface area contributed by atoms with Gasteiger partial charge in [0.25, 0.3) is 6.01 Å². The lowest BCUT2D eigenvalue weighted by molar-refractivity contribution is 0.0161. The molecule has 1 saturated heterocycles. The van der Waals surface area contributed by atoms with E-state index in [1.165, 1.54) is 0 Å². The number of hydrogen-bond donors (Lipinski definition) is 1. The van der Waals surface area contributed by atoms with E-state index in [1.54, 1.807) is 6.20 Å². The van der Waals surface area contributed by atoms with Crippen molar-refractivity contribution >= 4 is 12.1 Å². The summed E-state index contributed by atoms with van der Waals surface area (Å²) in [5, 5.41) is 0. The van der Waals surface area contributed by atoms with Crippen molar-refractivity contribution in [3.63, 3.8) is 0 Å². The molecule has 2 rings (SSSR count). The molecule has 1 aliphatic heterocycles. The van der Waals surface area contributed by atoms with Gasteiger partial charge in [-0.1, -0.05) is 0 Å². The molecule has 0 spiro atoms. The lowest BCUT2D eigenvalue weighted by Gasteiger charge is -2.34. The number of carbonyl (C=O) groups is 1. The van der Waals surface area contributed by atoms with Crippen molar-refractivity contribution < 1.29 is 13.9 Å². The molecule has 6 heteroatoms. The van der Waals surface area contributed by atoms with Gasteiger partial charge in [-0.2, -0.15) is 0 Å². The van der Waals surface area contributed by atoms with Crippen LogP contribution in [-0.2, 0) is 11.2 Å². The molecule has 6 nitrogen and oxygen atoms in total. The Balaban J connectivity index is 1.81. The van der Waals surface area contributed by atoms with Crippen molar-refractivity contribution in [3.8, 4) is 0 Å². The summed E-state index contributed by atoms with van der Waals surface area (Å²) in [4.78, 5) is 17.8. The highest BCUT2D eigenvalue weighted by Gasteiger charge is 2.27. The average molecular weight is 295 g/mol. The van der Waals surface area contributed by atoms with Gasteiger partial charge < -0.3 is 19.8 Å². The van der Waals surface area contributed by atoms with E-state index in [0.717, 1.165) is 44.5 Å². The Morgan fingerprint density at radius 3 is 2.95 bits per heavy atom. The molecule has 0 bridgehead atoms. The first-order valence-corrected chi connectivity index (χ1v) is 7.51. The van der Waals surface area contributed by atoms with Gasteiger partial charge in [-0.05, 0) is 46.0 Å². The largest absolute Gasteiger partial charge is 0.444 e. The van der Waals surface area contributed by atoms with Gasteiger partial charge in [0, 0.05) is 19.5 Å². The highest BCUT2D eigenvalue weighted by atomic mass is 16.6. The van der Waals surface area contributed by atoms with Crippen molar-refractivity contribution in [1.82, 2.24) is 9.88 Å². The molecule has 1 fully saturated rings. The summed E-state index contributed by atoms with van der Waals surface area (Å²) in [6.45, 7) is 7.20. The molecule has 0 aliphatic carbocycles. The number of piperidine rings is 1. The lowest BCUT2D eigenvalue weighted by Crippen LogP contribution is -2.42. The first-order valence-electron chi connectivity index (χ1n) is 7.51. The van der Waals surface area contributed by atoms with E-state index < -0.39 is 5.60 Å². The molecule has 1 amide bonds. The number of nitrogen functional groups attached to an aromatic ring is 1. The van der Waals surface area contributed by atoms with Crippen molar-refractivity contribution in [1.29, 1.82) is 0 Å². The molecule has 1 aliphatic rings. The highest BCUT2D eigenvalue weighted by Crippen LogP contribution is 2.23. The number of oxazole rings is 1. The van der Waals surface area contributed by atoms with Crippen molar-refractivity contribution in [2.75, 3.05) is 18.8 Å². The Kier molecular flexibility index (Phi) is 4.75. The van der Waals surface area contributed by atoms with E-state index in [4.69, 9.17) is 14.9 Å². The Morgan fingerprint density at radius 2 is 2.33 bits per heavy atom. The summed E-state index contributed by atoms with van der Waals surface area (Å²) in [5.41, 5.74) is 5.02. The van der Waals surface area contributed by atoms with Crippen LogP contribution >= 0.6 is 0 Å². The molecule has 0 saturated carbocycles. The van der Waals surface area contributed by atoms with Gasteiger partial charge in [0.2, 0.25) is 0 Å². The van der Waals surface area contributed by atoms with Crippen LogP contribution in [0.4, 0.5) is 10.8 Å². The van der Waals surface area contributed by atoms with Crippen LogP contribution in [0.15, 0.2) is 10.6 Å². The topological polar surface area (TPSA) is 81.6 Å². The number of carbonyl (C=O) groups excluding carboxylic acids is 1. The van der Waals surface area contributed by atoms with Crippen LogP contribution in [0.25, 0.3) is 0 Å². The number of aryl methyl sites for hydroxylation is 1. The zero-order valence-corrected chi connectivity index (χ0v) is 13.1. The van der Waals surface area contributed by atoms with E-state index in [-0.39, 0.29) is 12.1 Å². The molecule has 1 atom stereocenters. The maximum Gasteiger partial charge on any atom is 0.410 e. The number of amides is 1. The van der Waals surface area contributed by atoms with Crippen LogP contribution in [0, 0.1) is 5.92 Å². The highest BCUT2D eigenvalue weighted by molar-refractivity contribution is 5.68. The Hall–Kier alpha value is -1.72. The van der Waals surface area contributed by atoms with Crippen LogP contribution in [0.3, 0.4) is 0 Å². The predicted octanol–water partition coefficient (Wildman–Crippen LogP) is 2.84. The van der Waals surface area contributed by atoms with Crippen molar-refractivity contribution in [2.45, 2.75) is 52.1 Å². The summed E-state index contributed by atoms with van der Waals surface area (Å²) in [7, 11) is 0. The molecule has 1 aromatic heterocycles. The van der Waals surface area contributed by atoms with Gasteiger partial charge in [0.15, 0.2) is 0 Å². The molecular formula is C15H25N3O3. The fourth-order valence-corrected chi connectivity index (χ4v) is 2.58. The van der Waals surface area contributed by atoms with E-state index in [1.807, 2.05) is 25.7 Å². The Morgan fingerprint density at radius 1 is 1.57 bits per heavy atom. The molecule has 1 aromatic rings. The first kappa shape index (κ1) is 15.7. The minimum absolute atomic E-state index is 0.212. The zero-order valence-electron chi connectivity index (χ0n) is 13.1. The van der Waals surface area contributed by atoms with E-state index in [9.17, 15) is 4.79 Å². The fourth-order valence-electron chi connectivity index (χ4n) is 2.58. The van der Waals surface area contributed by atoms with Crippen LogP contribution < -0.4 is 5.73 Å². The van der Waals surface area contributed by atoms with E-state index in [0.29, 0.717) is 5.92 Å². The molecule has 2 N–H and O–H groups in total. The predicted molar refractivity (Wildman–Crippen MR) is 79.8 cm³/mol. The molecule has 118 valence electrons. The quantitative estimate of drug-likeness (QED) is 0.927. The third-order valence-electron chi connectivity index (χ3n) is 3.54. The third-order valence-corrected chi connectivity index (χ3v) is 3.54. The average Bonchev–Trinajstić information content (AvgIpc) is 2.81. The smallest absolute Gasteiger partial charge is 0.410 e. The maximum absolute atomic E-state index is 12.1. The summed E-state index contributed by atoms with van der Waals surface area (Å²) in [6.07, 6.45) is 5.37. The fraction of sp³-hybridized carbons (Fsp3) is 0.733. The molecule has 0 aromatic carbocycles. The number of likely N-dealkylation sites (tertiary alicyclic amines) is 1. The summed E-state index contributed by atoms with van der Waals surface area (Å²) in [6, 6.07) is 0.212. The van der Waals surface area contributed by atoms with E-state index >= 15 is 0 Å². The number of rotatable bonds is 3. The van der Waals surface area contributed by atoms with Gasteiger partial charge >= 0.3 is 6.09 Å².